The summed E-state index contributed by atoms with van der Waals surface area (Å²) < 4.78 is 11.3. The lowest BCUT2D eigenvalue weighted by atomic mass is 10.1. The van der Waals surface area contributed by atoms with Crippen molar-refractivity contribution < 1.29 is 13.9 Å². The number of carbonyl (C=O) groups excluding carboxylic acids is 1. The van der Waals surface area contributed by atoms with Crippen molar-refractivity contribution in [3.8, 4) is 22.6 Å². The summed E-state index contributed by atoms with van der Waals surface area (Å²) in [6.45, 7) is 4.69. The van der Waals surface area contributed by atoms with Crippen LogP contribution in [0, 0.1) is 0 Å². The number of aromatic nitrogens is 1. The Morgan fingerprint density at radius 3 is 2.18 bits per heavy atom. The van der Waals surface area contributed by atoms with Gasteiger partial charge in [-0.3, -0.25) is 0 Å². The van der Waals surface area contributed by atoms with Crippen molar-refractivity contribution in [3.05, 3.63) is 60.7 Å². The first-order valence-electron chi connectivity index (χ1n) is 9.54. The van der Waals surface area contributed by atoms with Crippen LogP contribution in [0.15, 0.2) is 65.1 Å². The van der Waals surface area contributed by atoms with Gasteiger partial charge < -0.3 is 19.0 Å². The Balaban J connectivity index is 1.61. The highest BCUT2D eigenvalue weighted by Gasteiger charge is 2.26. The van der Waals surface area contributed by atoms with Gasteiger partial charge in [-0.2, -0.15) is 4.98 Å². The maximum absolute atomic E-state index is 11.9. The van der Waals surface area contributed by atoms with Crippen LogP contribution in [0.4, 0.5) is 10.8 Å². The lowest BCUT2D eigenvalue weighted by Crippen LogP contribution is -2.49. The Hall–Kier alpha value is -3.28. The second-order valence-corrected chi connectivity index (χ2v) is 6.58. The first-order valence-corrected chi connectivity index (χ1v) is 9.54. The topological polar surface area (TPSA) is 58.8 Å². The van der Waals surface area contributed by atoms with Crippen molar-refractivity contribution >= 4 is 12.1 Å². The Morgan fingerprint density at radius 2 is 1.57 bits per heavy atom. The number of hydrogen-bond acceptors (Lipinski definition) is 5. The third-order valence-corrected chi connectivity index (χ3v) is 4.78. The summed E-state index contributed by atoms with van der Waals surface area (Å²) in [6.07, 6.45) is -0.260. The number of nitrogens with zero attached hydrogens (tertiary/aromatic N) is 3. The number of hydrogen-bond donors (Lipinski definition) is 0. The lowest BCUT2D eigenvalue weighted by molar-refractivity contribution is 0.104. The maximum Gasteiger partial charge on any atom is 0.409 e. The van der Waals surface area contributed by atoms with E-state index in [9.17, 15) is 4.79 Å². The zero-order valence-electron chi connectivity index (χ0n) is 15.9. The molecule has 1 fully saturated rings. The molecule has 1 aliphatic heterocycles. The second kappa shape index (κ2) is 8.17. The van der Waals surface area contributed by atoms with Crippen molar-refractivity contribution in [2.75, 3.05) is 37.7 Å². The number of oxazole rings is 1. The molecule has 0 atom stereocenters. The first-order chi connectivity index (χ1) is 13.8. The fraction of sp³-hybridized carbons (Fsp3) is 0.273. The minimum atomic E-state index is -0.260. The van der Waals surface area contributed by atoms with E-state index < -0.39 is 0 Å². The normalized spacial score (nSPS) is 14.2. The molecular weight excluding hydrogens is 354 g/mol. The minimum absolute atomic E-state index is 0.260. The van der Waals surface area contributed by atoms with Gasteiger partial charge in [0.05, 0.1) is 6.61 Å². The van der Waals surface area contributed by atoms with Crippen LogP contribution in [0.5, 0.6) is 0 Å². The van der Waals surface area contributed by atoms with Gasteiger partial charge in [-0.05, 0) is 6.92 Å². The molecule has 0 radical (unpaired) electrons. The molecule has 0 aliphatic carbocycles. The van der Waals surface area contributed by atoms with Gasteiger partial charge >= 0.3 is 6.09 Å². The number of ether oxygens (including phenoxy) is 1. The van der Waals surface area contributed by atoms with Crippen LogP contribution in [0.2, 0.25) is 0 Å². The molecule has 0 bridgehead atoms. The fourth-order valence-corrected chi connectivity index (χ4v) is 3.32. The summed E-state index contributed by atoms with van der Waals surface area (Å²) in [4.78, 5) is 20.5. The van der Waals surface area contributed by atoms with Crippen LogP contribution in [0.3, 0.4) is 0 Å². The molecule has 0 N–H and O–H groups in total. The monoisotopic (exact) mass is 377 g/mol. The van der Waals surface area contributed by atoms with E-state index in [1.807, 2.05) is 67.6 Å². The number of rotatable bonds is 4. The van der Waals surface area contributed by atoms with Crippen molar-refractivity contribution in [1.82, 2.24) is 9.88 Å². The average Bonchev–Trinajstić information content (AvgIpc) is 3.21. The minimum Gasteiger partial charge on any atom is -0.450 e. The predicted octanol–water partition coefficient (Wildman–Crippen LogP) is 4.29. The Kier molecular flexibility index (Phi) is 5.28. The highest BCUT2D eigenvalue weighted by Crippen LogP contribution is 2.35. The summed E-state index contributed by atoms with van der Waals surface area (Å²) in [6, 6.07) is 20.6. The summed E-state index contributed by atoms with van der Waals surface area (Å²) in [5.41, 5.74) is 2.83. The summed E-state index contributed by atoms with van der Waals surface area (Å²) in [5.74, 6) is 0.759. The molecular formula is C22H23N3O3. The van der Waals surface area contributed by atoms with E-state index in [0.29, 0.717) is 38.8 Å². The molecule has 28 heavy (non-hydrogen) atoms. The molecule has 6 heteroatoms. The van der Waals surface area contributed by atoms with Gasteiger partial charge in [-0.1, -0.05) is 60.7 Å². The number of piperazine rings is 1. The van der Waals surface area contributed by atoms with E-state index >= 15 is 0 Å². The van der Waals surface area contributed by atoms with E-state index in [1.165, 1.54) is 0 Å². The molecule has 2 heterocycles. The van der Waals surface area contributed by atoms with Gasteiger partial charge in [0.2, 0.25) is 0 Å². The Bertz CT molecular complexity index is 860. The molecule has 1 saturated heterocycles. The van der Waals surface area contributed by atoms with Gasteiger partial charge in [0.1, 0.15) is 5.69 Å². The average molecular weight is 377 g/mol. The van der Waals surface area contributed by atoms with E-state index in [0.717, 1.165) is 22.6 Å². The molecule has 3 aromatic rings. The maximum atomic E-state index is 11.9. The van der Waals surface area contributed by atoms with Crippen molar-refractivity contribution in [2.45, 2.75) is 6.92 Å². The second-order valence-electron chi connectivity index (χ2n) is 6.58. The zero-order valence-corrected chi connectivity index (χ0v) is 15.9. The number of carbonyl (C=O) groups is 1. The third-order valence-electron chi connectivity index (χ3n) is 4.78. The van der Waals surface area contributed by atoms with Crippen LogP contribution in [-0.2, 0) is 4.74 Å². The van der Waals surface area contributed by atoms with Crippen LogP contribution >= 0.6 is 0 Å². The molecule has 4 rings (SSSR count). The smallest absolute Gasteiger partial charge is 0.409 e. The van der Waals surface area contributed by atoms with Crippen molar-refractivity contribution in [3.63, 3.8) is 0 Å². The molecule has 0 saturated carbocycles. The molecule has 6 nitrogen and oxygen atoms in total. The molecule has 144 valence electrons. The standard InChI is InChI=1S/C22H23N3O3/c1-2-27-22(26)25-15-13-24(14-16-25)21-23-19(17-9-5-3-6-10-17)20(28-21)18-11-7-4-8-12-18/h3-12H,2,13-16H2,1H3. The molecule has 1 aromatic heterocycles. The highest BCUT2D eigenvalue weighted by atomic mass is 16.6. The van der Waals surface area contributed by atoms with Gasteiger partial charge in [0, 0.05) is 37.3 Å². The van der Waals surface area contributed by atoms with E-state index in [-0.39, 0.29) is 6.09 Å². The van der Waals surface area contributed by atoms with Crippen LogP contribution in [0.1, 0.15) is 6.92 Å². The van der Waals surface area contributed by atoms with E-state index in [4.69, 9.17) is 14.1 Å². The van der Waals surface area contributed by atoms with Gasteiger partial charge in [-0.15, -0.1) is 0 Å². The van der Waals surface area contributed by atoms with Crippen LogP contribution in [0.25, 0.3) is 22.6 Å². The van der Waals surface area contributed by atoms with E-state index in [2.05, 4.69) is 4.90 Å². The van der Waals surface area contributed by atoms with Gasteiger partial charge in [0.15, 0.2) is 5.76 Å². The highest BCUT2D eigenvalue weighted by molar-refractivity contribution is 5.78. The van der Waals surface area contributed by atoms with Crippen LogP contribution in [-0.4, -0.2) is 48.8 Å². The third kappa shape index (κ3) is 3.71. The fourth-order valence-electron chi connectivity index (χ4n) is 3.32. The quantitative estimate of drug-likeness (QED) is 0.679. The SMILES string of the molecule is CCOC(=O)N1CCN(c2nc(-c3ccccc3)c(-c3ccccc3)o2)CC1. The van der Waals surface area contributed by atoms with Gasteiger partial charge in [0.25, 0.3) is 6.01 Å². The lowest BCUT2D eigenvalue weighted by Gasteiger charge is -2.33. The van der Waals surface area contributed by atoms with Gasteiger partial charge in [-0.25, -0.2) is 4.79 Å². The predicted molar refractivity (Wildman–Crippen MR) is 108 cm³/mol. The molecule has 1 amide bonds. The Labute approximate surface area is 164 Å². The largest absolute Gasteiger partial charge is 0.450 e. The number of anilines is 1. The Morgan fingerprint density at radius 1 is 0.964 bits per heavy atom. The molecule has 0 unspecified atom stereocenters. The summed E-state index contributed by atoms with van der Waals surface area (Å²) in [5, 5.41) is 0. The number of amides is 1. The van der Waals surface area contributed by atoms with Crippen LogP contribution < -0.4 is 4.90 Å². The van der Waals surface area contributed by atoms with Crippen molar-refractivity contribution in [1.29, 1.82) is 0 Å². The zero-order chi connectivity index (χ0) is 19.3. The number of benzene rings is 2. The van der Waals surface area contributed by atoms with E-state index in [1.54, 1.807) is 4.90 Å². The molecule has 1 aliphatic rings. The summed E-state index contributed by atoms with van der Waals surface area (Å²) >= 11 is 0. The molecule has 0 spiro atoms. The first kappa shape index (κ1) is 18.1. The van der Waals surface area contributed by atoms with Crippen molar-refractivity contribution in [2.24, 2.45) is 0 Å². The molecule has 2 aromatic carbocycles. The summed E-state index contributed by atoms with van der Waals surface area (Å²) in [7, 11) is 0.